The molecule has 142 valence electrons. The quantitative estimate of drug-likeness (QED) is 0.615. The highest BCUT2D eigenvalue weighted by Gasteiger charge is 2.16. The van der Waals surface area contributed by atoms with Crippen LogP contribution >= 0.6 is 11.6 Å². The molecule has 0 atom stereocenters. The van der Waals surface area contributed by atoms with Crippen molar-refractivity contribution in [2.45, 2.75) is 6.54 Å². The summed E-state index contributed by atoms with van der Waals surface area (Å²) >= 11 is 6.21. The van der Waals surface area contributed by atoms with E-state index in [1.165, 1.54) is 13.2 Å². The van der Waals surface area contributed by atoms with Crippen LogP contribution in [0.4, 0.5) is 5.82 Å². The minimum Gasteiger partial charge on any atom is -0.382 e. The Morgan fingerprint density at radius 3 is 2.57 bits per heavy atom. The predicted octanol–water partition coefficient (Wildman–Crippen LogP) is 2.67. The number of benzene rings is 2. The molecule has 2 amide bonds. The van der Waals surface area contributed by atoms with Gasteiger partial charge in [-0.25, -0.2) is 9.97 Å². The molecule has 1 aromatic heterocycles. The van der Waals surface area contributed by atoms with E-state index >= 15 is 0 Å². The fourth-order valence-electron chi connectivity index (χ4n) is 2.56. The molecule has 2 aromatic carbocycles. The molecular weight excluding hydrogens is 378 g/mol. The van der Waals surface area contributed by atoms with E-state index in [0.29, 0.717) is 28.4 Å². The normalized spacial score (nSPS) is 10.4. The number of nitrogen functional groups attached to an aromatic ring is 1. The molecule has 0 fully saturated rings. The van der Waals surface area contributed by atoms with Crippen molar-refractivity contribution < 1.29 is 9.59 Å². The Labute approximate surface area is 167 Å². The Morgan fingerprint density at radius 1 is 1.11 bits per heavy atom. The molecule has 4 N–H and O–H groups in total. The third kappa shape index (κ3) is 4.27. The van der Waals surface area contributed by atoms with E-state index in [1.54, 1.807) is 18.2 Å². The lowest BCUT2D eigenvalue weighted by Crippen LogP contribution is -2.23. The molecule has 0 saturated heterocycles. The van der Waals surface area contributed by atoms with Crippen molar-refractivity contribution in [3.63, 3.8) is 0 Å². The summed E-state index contributed by atoms with van der Waals surface area (Å²) in [4.78, 5) is 32.8. The lowest BCUT2D eigenvalue weighted by Gasteiger charge is -2.10. The number of nitrogens with zero attached hydrogens (tertiary/aromatic N) is 2. The highest BCUT2D eigenvalue weighted by molar-refractivity contribution is 6.34. The second-order valence-electron chi connectivity index (χ2n) is 5.93. The smallest absolute Gasteiger partial charge is 0.273 e. The number of carbonyl (C=O) groups is 2. The van der Waals surface area contributed by atoms with Crippen LogP contribution in [0.3, 0.4) is 0 Å². The zero-order valence-corrected chi connectivity index (χ0v) is 15.8. The van der Waals surface area contributed by atoms with Crippen molar-refractivity contribution in [3.8, 4) is 11.3 Å². The number of amides is 2. The molecule has 3 rings (SSSR count). The minimum absolute atomic E-state index is 0.0185. The third-order valence-electron chi connectivity index (χ3n) is 4.05. The Morgan fingerprint density at radius 2 is 1.86 bits per heavy atom. The van der Waals surface area contributed by atoms with Gasteiger partial charge in [0.15, 0.2) is 11.5 Å². The van der Waals surface area contributed by atoms with E-state index in [1.807, 2.05) is 30.3 Å². The van der Waals surface area contributed by atoms with Crippen LogP contribution in [0, 0.1) is 0 Å². The van der Waals surface area contributed by atoms with Gasteiger partial charge in [-0.2, -0.15) is 0 Å². The van der Waals surface area contributed by atoms with E-state index in [-0.39, 0.29) is 17.4 Å². The molecule has 7 nitrogen and oxygen atoms in total. The summed E-state index contributed by atoms with van der Waals surface area (Å²) in [6.07, 6.45) is 1.44. The standard InChI is InChI=1S/C20H18ClN5O2/c1-23-20(28)17-18(22)24-11-16(26-17)13-7-8-15(21)14(9-13)19(27)25-10-12-5-3-2-4-6-12/h2-9,11H,10H2,1H3,(H2,22,24)(H,23,28)(H,25,27). The van der Waals surface area contributed by atoms with Crippen molar-refractivity contribution in [2.24, 2.45) is 0 Å². The molecule has 0 bridgehead atoms. The van der Waals surface area contributed by atoms with Crippen molar-refractivity contribution in [3.05, 3.63) is 76.6 Å². The number of rotatable bonds is 5. The number of nitrogens with one attached hydrogen (secondary N) is 2. The summed E-state index contributed by atoms with van der Waals surface area (Å²) in [5, 5.41) is 5.61. The zero-order chi connectivity index (χ0) is 20.1. The van der Waals surface area contributed by atoms with Gasteiger partial charge in [0, 0.05) is 19.2 Å². The van der Waals surface area contributed by atoms with Gasteiger partial charge in [0.25, 0.3) is 11.8 Å². The first kappa shape index (κ1) is 19.3. The molecular formula is C20H18ClN5O2. The lowest BCUT2D eigenvalue weighted by molar-refractivity contribution is 0.0946. The summed E-state index contributed by atoms with van der Waals surface area (Å²) in [5.41, 5.74) is 8.01. The lowest BCUT2D eigenvalue weighted by atomic mass is 10.1. The second kappa shape index (κ2) is 8.49. The van der Waals surface area contributed by atoms with Crippen LogP contribution in [-0.2, 0) is 6.54 Å². The first-order valence-corrected chi connectivity index (χ1v) is 8.84. The van der Waals surface area contributed by atoms with E-state index in [4.69, 9.17) is 17.3 Å². The van der Waals surface area contributed by atoms with Crippen molar-refractivity contribution in [2.75, 3.05) is 12.8 Å². The molecule has 0 spiro atoms. The second-order valence-corrected chi connectivity index (χ2v) is 6.34. The first-order valence-electron chi connectivity index (χ1n) is 8.46. The van der Waals surface area contributed by atoms with Gasteiger partial charge in [-0.1, -0.05) is 48.0 Å². The molecule has 28 heavy (non-hydrogen) atoms. The van der Waals surface area contributed by atoms with E-state index in [2.05, 4.69) is 20.6 Å². The number of aromatic nitrogens is 2. The summed E-state index contributed by atoms with van der Waals surface area (Å²) in [6, 6.07) is 14.5. The summed E-state index contributed by atoms with van der Waals surface area (Å²) < 4.78 is 0. The highest BCUT2D eigenvalue weighted by atomic mass is 35.5. The Bertz CT molecular complexity index is 1020. The fourth-order valence-corrected chi connectivity index (χ4v) is 2.76. The van der Waals surface area contributed by atoms with Gasteiger partial charge >= 0.3 is 0 Å². The number of hydrogen-bond acceptors (Lipinski definition) is 5. The average Bonchev–Trinajstić information content (AvgIpc) is 2.73. The van der Waals surface area contributed by atoms with E-state index in [0.717, 1.165) is 5.56 Å². The number of hydrogen-bond donors (Lipinski definition) is 3. The van der Waals surface area contributed by atoms with Crippen molar-refractivity contribution in [1.29, 1.82) is 0 Å². The monoisotopic (exact) mass is 395 g/mol. The minimum atomic E-state index is -0.443. The molecule has 8 heteroatoms. The van der Waals surface area contributed by atoms with Crippen LogP contribution in [0.1, 0.15) is 26.4 Å². The summed E-state index contributed by atoms with van der Waals surface area (Å²) in [6.45, 7) is 0.378. The van der Waals surface area contributed by atoms with Crippen LogP contribution < -0.4 is 16.4 Å². The molecule has 1 heterocycles. The topological polar surface area (TPSA) is 110 Å². The molecule has 0 radical (unpaired) electrons. The Balaban J connectivity index is 1.87. The Kier molecular flexibility index (Phi) is 5.86. The van der Waals surface area contributed by atoms with Gasteiger partial charge < -0.3 is 16.4 Å². The van der Waals surface area contributed by atoms with E-state index < -0.39 is 5.91 Å². The maximum atomic E-state index is 12.6. The number of halogens is 1. The third-order valence-corrected chi connectivity index (χ3v) is 4.38. The predicted molar refractivity (Wildman–Crippen MR) is 108 cm³/mol. The van der Waals surface area contributed by atoms with Gasteiger partial charge in [-0.15, -0.1) is 0 Å². The van der Waals surface area contributed by atoms with Gasteiger partial charge in [-0.05, 0) is 17.7 Å². The molecule has 0 aliphatic rings. The van der Waals surface area contributed by atoms with Crippen LogP contribution in [0.25, 0.3) is 11.3 Å². The van der Waals surface area contributed by atoms with Gasteiger partial charge in [0.05, 0.1) is 22.5 Å². The SMILES string of the molecule is CNC(=O)c1nc(-c2ccc(Cl)c(C(=O)NCc3ccccc3)c2)cnc1N. The van der Waals surface area contributed by atoms with Gasteiger partial charge in [0.2, 0.25) is 0 Å². The molecule has 0 unspecified atom stereocenters. The average molecular weight is 396 g/mol. The zero-order valence-electron chi connectivity index (χ0n) is 15.1. The molecule has 0 saturated carbocycles. The maximum absolute atomic E-state index is 12.6. The van der Waals surface area contributed by atoms with E-state index in [9.17, 15) is 9.59 Å². The fraction of sp³-hybridized carbons (Fsp3) is 0.100. The van der Waals surface area contributed by atoms with Crippen molar-refractivity contribution in [1.82, 2.24) is 20.6 Å². The highest BCUT2D eigenvalue weighted by Crippen LogP contribution is 2.25. The maximum Gasteiger partial charge on any atom is 0.273 e. The van der Waals surface area contributed by atoms with Crippen LogP contribution in [0.15, 0.2) is 54.7 Å². The molecule has 0 aliphatic heterocycles. The largest absolute Gasteiger partial charge is 0.382 e. The van der Waals surface area contributed by atoms with Crippen LogP contribution in [0.5, 0.6) is 0 Å². The number of anilines is 1. The van der Waals surface area contributed by atoms with Gasteiger partial charge in [-0.3, -0.25) is 9.59 Å². The van der Waals surface area contributed by atoms with Crippen molar-refractivity contribution >= 4 is 29.2 Å². The van der Waals surface area contributed by atoms with Gasteiger partial charge in [0.1, 0.15) is 0 Å². The summed E-state index contributed by atoms with van der Waals surface area (Å²) in [7, 11) is 1.48. The molecule has 3 aromatic rings. The Hall–Kier alpha value is -3.45. The number of nitrogens with two attached hydrogens (primary N) is 1. The van der Waals surface area contributed by atoms with Crippen LogP contribution in [0.2, 0.25) is 5.02 Å². The van der Waals surface area contributed by atoms with Crippen LogP contribution in [-0.4, -0.2) is 28.8 Å². The summed E-state index contributed by atoms with van der Waals surface area (Å²) in [5.74, 6) is -0.731. The molecule has 0 aliphatic carbocycles. The number of carbonyl (C=O) groups excluding carboxylic acids is 2. The first-order chi connectivity index (χ1) is 13.5.